The first-order valence-corrected chi connectivity index (χ1v) is 11.0. The minimum atomic E-state index is -0.410. The zero-order valence-electron chi connectivity index (χ0n) is 17.0. The maximum atomic E-state index is 13.1. The molecule has 0 saturated carbocycles. The predicted molar refractivity (Wildman–Crippen MR) is 120 cm³/mol. The average molecular weight is 473 g/mol. The van der Waals surface area contributed by atoms with Crippen molar-refractivity contribution in [2.75, 3.05) is 11.1 Å². The molecule has 1 N–H and O–H groups in total. The summed E-state index contributed by atoms with van der Waals surface area (Å²) in [6, 6.07) is 12.8. The summed E-state index contributed by atoms with van der Waals surface area (Å²) in [7, 11) is 0. The summed E-state index contributed by atoms with van der Waals surface area (Å²) in [6.45, 7) is 2.18. The van der Waals surface area contributed by atoms with E-state index in [4.69, 9.17) is 11.6 Å². The van der Waals surface area contributed by atoms with Gasteiger partial charge in [-0.1, -0.05) is 47.6 Å². The summed E-state index contributed by atoms with van der Waals surface area (Å²) in [5, 5.41) is 7.05. The third-order valence-corrected chi connectivity index (χ3v) is 6.17. The van der Waals surface area contributed by atoms with Gasteiger partial charge in [-0.2, -0.15) is 5.10 Å². The normalized spacial score (nSPS) is 13.7. The quantitative estimate of drug-likeness (QED) is 0.571. The highest BCUT2D eigenvalue weighted by atomic mass is 35.5. The summed E-state index contributed by atoms with van der Waals surface area (Å²) in [4.78, 5) is 37.5. The van der Waals surface area contributed by atoms with E-state index in [1.54, 1.807) is 43.3 Å². The topological polar surface area (TPSA) is 84.3 Å². The van der Waals surface area contributed by atoms with E-state index >= 15 is 0 Å². The van der Waals surface area contributed by atoms with Crippen LogP contribution in [0.15, 0.2) is 48.5 Å². The van der Waals surface area contributed by atoms with Crippen LogP contribution in [0.4, 0.5) is 14.9 Å². The van der Waals surface area contributed by atoms with Gasteiger partial charge >= 0.3 is 0 Å². The number of nitrogens with zero attached hydrogens (tertiary/aromatic N) is 3. The van der Waals surface area contributed by atoms with E-state index in [-0.39, 0.29) is 40.0 Å². The van der Waals surface area contributed by atoms with Gasteiger partial charge in [-0.05, 0) is 42.3 Å². The number of imide groups is 1. The molecule has 4 rings (SSSR count). The lowest BCUT2D eigenvalue weighted by molar-refractivity contribution is -0.125. The van der Waals surface area contributed by atoms with Crippen molar-refractivity contribution in [2.24, 2.45) is 0 Å². The predicted octanol–water partition coefficient (Wildman–Crippen LogP) is 4.48. The van der Waals surface area contributed by atoms with Gasteiger partial charge in [0.15, 0.2) is 0 Å². The summed E-state index contributed by atoms with van der Waals surface area (Å²) in [5.74, 6) is -0.783. The molecule has 1 aromatic heterocycles. The third-order valence-electron chi connectivity index (χ3n) is 4.93. The monoisotopic (exact) mass is 472 g/mol. The number of anilines is 1. The average Bonchev–Trinajstić information content (AvgIpc) is 3.23. The van der Waals surface area contributed by atoms with Crippen LogP contribution >= 0.6 is 23.4 Å². The summed E-state index contributed by atoms with van der Waals surface area (Å²) in [5.41, 5.74) is 2.83. The summed E-state index contributed by atoms with van der Waals surface area (Å²) in [6.07, 6.45) is 0. The first-order valence-electron chi connectivity index (χ1n) is 9.66. The zero-order valence-corrected chi connectivity index (χ0v) is 18.5. The molecule has 2 heterocycles. The Bertz CT molecular complexity index is 1180. The van der Waals surface area contributed by atoms with Gasteiger partial charge in [0, 0.05) is 5.69 Å². The Kier molecular flexibility index (Phi) is 6.29. The van der Waals surface area contributed by atoms with Crippen molar-refractivity contribution in [2.45, 2.75) is 20.0 Å². The second-order valence-corrected chi connectivity index (χ2v) is 8.51. The van der Waals surface area contributed by atoms with Gasteiger partial charge < -0.3 is 5.32 Å². The zero-order chi connectivity index (χ0) is 22.8. The molecular weight excluding hydrogens is 455 g/mol. The first kappa shape index (κ1) is 22.0. The maximum absolute atomic E-state index is 13.1. The van der Waals surface area contributed by atoms with E-state index in [1.165, 1.54) is 21.7 Å². The van der Waals surface area contributed by atoms with Crippen LogP contribution in [0, 0.1) is 12.7 Å². The number of amides is 3. The SMILES string of the molecule is Cc1nn(Cc2ccc(F)cc2)c(Cl)c1C(=O)Nc1ccc(CN2C(=O)CSC2=O)cc1. The number of nitrogens with one attached hydrogen (secondary N) is 1. The smallest absolute Gasteiger partial charge is 0.289 e. The lowest BCUT2D eigenvalue weighted by atomic mass is 10.2. The molecule has 0 aliphatic carbocycles. The van der Waals surface area contributed by atoms with Crippen LogP contribution in [-0.2, 0) is 17.9 Å². The fourth-order valence-corrected chi connectivity index (χ4v) is 4.33. The number of halogens is 2. The van der Waals surface area contributed by atoms with Crippen LogP contribution in [-0.4, -0.2) is 37.5 Å². The largest absolute Gasteiger partial charge is 0.322 e. The Morgan fingerprint density at radius 2 is 1.72 bits per heavy atom. The molecular formula is C22H18ClFN4O3S. The molecule has 3 aromatic rings. The lowest BCUT2D eigenvalue weighted by Gasteiger charge is -2.13. The number of carbonyl (C=O) groups is 3. The number of thioether (sulfide) groups is 1. The molecule has 3 amide bonds. The molecule has 164 valence electrons. The molecule has 1 saturated heterocycles. The number of aryl methyl sites for hydroxylation is 1. The van der Waals surface area contributed by atoms with Crippen molar-refractivity contribution in [3.63, 3.8) is 0 Å². The minimum Gasteiger partial charge on any atom is -0.322 e. The fraction of sp³-hybridized carbons (Fsp3) is 0.182. The highest BCUT2D eigenvalue weighted by Gasteiger charge is 2.29. The van der Waals surface area contributed by atoms with E-state index < -0.39 is 5.91 Å². The van der Waals surface area contributed by atoms with E-state index in [1.807, 2.05) is 0 Å². The second-order valence-electron chi connectivity index (χ2n) is 7.22. The van der Waals surface area contributed by atoms with E-state index in [0.717, 1.165) is 22.9 Å². The molecule has 0 bridgehead atoms. The molecule has 2 aromatic carbocycles. The molecule has 1 fully saturated rings. The Hall–Kier alpha value is -3.17. The van der Waals surface area contributed by atoms with Crippen molar-refractivity contribution in [3.8, 4) is 0 Å². The standard InChI is InChI=1S/C22H18ClFN4O3S/c1-13-19(20(23)28(26-13)11-15-2-6-16(24)7-3-15)21(30)25-17-8-4-14(5-9-17)10-27-18(29)12-32-22(27)31/h2-9H,10-12H2,1H3,(H,25,30). The Labute approximate surface area is 192 Å². The van der Waals surface area contributed by atoms with Gasteiger partial charge in [-0.15, -0.1) is 0 Å². The van der Waals surface area contributed by atoms with Crippen LogP contribution in [0.25, 0.3) is 0 Å². The molecule has 7 nitrogen and oxygen atoms in total. The fourth-order valence-electron chi connectivity index (χ4n) is 3.28. The Balaban J connectivity index is 1.44. The molecule has 0 spiro atoms. The molecule has 0 atom stereocenters. The maximum Gasteiger partial charge on any atom is 0.289 e. The minimum absolute atomic E-state index is 0.169. The van der Waals surface area contributed by atoms with Gasteiger partial charge in [-0.3, -0.25) is 19.3 Å². The van der Waals surface area contributed by atoms with Crippen LogP contribution in [0.1, 0.15) is 27.2 Å². The van der Waals surface area contributed by atoms with Crippen LogP contribution in [0.2, 0.25) is 5.15 Å². The van der Waals surface area contributed by atoms with Gasteiger partial charge in [0.05, 0.1) is 30.1 Å². The highest BCUT2D eigenvalue weighted by molar-refractivity contribution is 8.14. The number of hydrogen-bond acceptors (Lipinski definition) is 5. The van der Waals surface area contributed by atoms with Crippen LogP contribution in [0.5, 0.6) is 0 Å². The molecule has 0 unspecified atom stereocenters. The van der Waals surface area contributed by atoms with Crippen LogP contribution < -0.4 is 5.32 Å². The number of aromatic nitrogens is 2. The van der Waals surface area contributed by atoms with Gasteiger partial charge in [0.1, 0.15) is 11.0 Å². The molecule has 1 aliphatic heterocycles. The molecule has 0 radical (unpaired) electrons. The number of rotatable bonds is 6. The third kappa shape index (κ3) is 4.68. The molecule has 1 aliphatic rings. The number of carbonyl (C=O) groups excluding carboxylic acids is 3. The Morgan fingerprint density at radius 3 is 2.34 bits per heavy atom. The summed E-state index contributed by atoms with van der Waals surface area (Å²) < 4.78 is 14.6. The van der Waals surface area contributed by atoms with Gasteiger partial charge in [0.25, 0.3) is 11.1 Å². The summed E-state index contributed by atoms with van der Waals surface area (Å²) >= 11 is 7.40. The highest BCUT2D eigenvalue weighted by Crippen LogP contribution is 2.24. The lowest BCUT2D eigenvalue weighted by Crippen LogP contribution is -2.27. The van der Waals surface area contributed by atoms with Crippen molar-refractivity contribution in [3.05, 3.63) is 81.9 Å². The van der Waals surface area contributed by atoms with Gasteiger partial charge in [0.2, 0.25) is 5.91 Å². The van der Waals surface area contributed by atoms with Gasteiger partial charge in [-0.25, -0.2) is 9.07 Å². The van der Waals surface area contributed by atoms with E-state index in [0.29, 0.717) is 17.9 Å². The first-order chi connectivity index (χ1) is 15.3. The molecule has 10 heteroatoms. The van der Waals surface area contributed by atoms with Crippen molar-refractivity contribution < 1.29 is 18.8 Å². The van der Waals surface area contributed by atoms with Crippen molar-refractivity contribution >= 4 is 46.1 Å². The Morgan fingerprint density at radius 1 is 1.09 bits per heavy atom. The van der Waals surface area contributed by atoms with E-state index in [2.05, 4.69) is 10.4 Å². The van der Waals surface area contributed by atoms with E-state index in [9.17, 15) is 18.8 Å². The number of hydrogen-bond donors (Lipinski definition) is 1. The second kappa shape index (κ2) is 9.13. The van der Waals surface area contributed by atoms with Crippen molar-refractivity contribution in [1.29, 1.82) is 0 Å². The van der Waals surface area contributed by atoms with Crippen molar-refractivity contribution in [1.82, 2.24) is 14.7 Å². The van der Waals surface area contributed by atoms with Crippen LogP contribution in [0.3, 0.4) is 0 Å². The number of benzene rings is 2. The molecule has 32 heavy (non-hydrogen) atoms.